The number of esters is 2. The zero-order valence-electron chi connectivity index (χ0n) is 21.2. The van der Waals surface area contributed by atoms with Crippen molar-refractivity contribution in [2.75, 3.05) is 20.5 Å². The minimum absolute atomic E-state index is 0.0126. The molecule has 0 aromatic heterocycles. The van der Waals surface area contributed by atoms with Crippen LogP contribution >= 0.6 is 0 Å². The van der Waals surface area contributed by atoms with E-state index in [2.05, 4.69) is 0 Å². The molecule has 0 aliphatic heterocycles. The second-order valence-corrected chi connectivity index (χ2v) is 11.1. The lowest BCUT2D eigenvalue weighted by atomic mass is 9.45. The van der Waals surface area contributed by atoms with Gasteiger partial charge in [-0.15, -0.1) is 0 Å². The van der Waals surface area contributed by atoms with E-state index in [0.717, 1.165) is 5.57 Å². The van der Waals surface area contributed by atoms with E-state index in [0.29, 0.717) is 45.1 Å². The minimum atomic E-state index is -5.15. The van der Waals surface area contributed by atoms with Crippen molar-refractivity contribution >= 4 is 17.7 Å². The average molecular weight is 517 g/mol. The lowest BCUT2D eigenvalue weighted by Crippen LogP contribution is -2.63. The van der Waals surface area contributed by atoms with Crippen LogP contribution in [0.1, 0.15) is 65.7 Å². The third-order valence-electron chi connectivity index (χ3n) is 9.59. The van der Waals surface area contributed by atoms with Crippen LogP contribution < -0.4 is 0 Å². The molecule has 4 rings (SSSR count). The van der Waals surface area contributed by atoms with Crippen LogP contribution in [-0.4, -0.2) is 56.1 Å². The van der Waals surface area contributed by atoms with Crippen LogP contribution in [0.2, 0.25) is 0 Å². The number of hydrogen-bond acceptors (Lipinski definition) is 7. The fraction of sp³-hybridized carbons (Fsp3) is 0.808. The van der Waals surface area contributed by atoms with E-state index in [4.69, 9.17) is 18.9 Å². The topological polar surface area (TPSA) is 88.1 Å². The van der Waals surface area contributed by atoms with Gasteiger partial charge in [0, 0.05) is 24.4 Å². The molecule has 4 aliphatic rings. The molecule has 3 fully saturated rings. The van der Waals surface area contributed by atoms with Crippen molar-refractivity contribution in [3.8, 4) is 0 Å². The Hall–Kier alpha value is -1.94. The number of fused-ring (bicyclic) bond motifs is 5. The number of allylic oxidation sites excluding steroid dienone is 1. The molecule has 0 unspecified atom stereocenters. The Morgan fingerprint density at radius 1 is 1.14 bits per heavy atom. The summed E-state index contributed by atoms with van der Waals surface area (Å²) in [5.74, 6) is -3.42. The lowest BCUT2D eigenvalue weighted by Gasteiger charge is -2.61. The van der Waals surface area contributed by atoms with Crippen molar-refractivity contribution in [3.63, 3.8) is 0 Å². The summed E-state index contributed by atoms with van der Waals surface area (Å²) in [6.45, 7) is 5.80. The highest BCUT2D eigenvalue weighted by Crippen LogP contribution is 2.69. The molecule has 3 saturated carbocycles. The lowest BCUT2D eigenvalue weighted by molar-refractivity contribution is -0.243. The number of rotatable bonds is 6. The summed E-state index contributed by atoms with van der Waals surface area (Å²) in [5.41, 5.74) is -2.04. The maximum absolute atomic E-state index is 13.4. The maximum Gasteiger partial charge on any atom is 0.490 e. The number of alkyl halides is 3. The number of carbonyl (C=O) groups excluding carboxylic acids is 3. The average Bonchev–Trinajstić information content (AvgIpc) is 3.11. The van der Waals surface area contributed by atoms with Gasteiger partial charge in [0.05, 0.1) is 7.11 Å². The number of hydrogen-bond donors (Lipinski definition) is 0. The Bertz CT molecular complexity index is 946. The first-order valence-corrected chi connectivity index (χ1v) is 12.7. The first kappa shape index (κ1) is 27.1. The van der Waals surface area contributed by atoms with Gasteiger partial charge in [-0.25, -0.2) is 9.59 Å². The van der Waals surface area contributed by atoms with Gasteiger partial charge in [0.15, 0.2) is 11.4 Å². The van der Waals surface area contributed by atoms with Crippen molar-refractivity contribution in [3.05, 3.63) is 11.6 Å². The molecule has 0 N–H and O–H groups in total. The van der Waals surface area contributed by atoms with Crippen LogP contribution in [0.5, 0.6) is 0 Å². The predicted molar refractivity (Wildman–Crippen MR) is 120 cm³/mol. The van der Waals surface area contributed by atoms with Gasteiger partial charge in [0.25, 0.3) is 0 Å². The standard InChI is InChI=1S/C26H35F3O7/c1-5-34-14-35-25(21(31)33-4)11-9-18-17-7-6-15-12-16(30)8-10-23(15,2)20(17)19(13-24(18,25)3)36-22(32)26(27,28)29/h12,17-20H,5-11,13-14H2,1-4H3/t17-,18-,19-,20+,23-,24-,25-/m0/s1. The first-order chi connectivity index (χ1) is 16.8. The summed E-state index contributed by atoms with van der Waals surface area (Å²) < 4.78 is 62.0. The van der Waals surface area contributed by atoms with Gasteiger partial charge in [-0.1, -0.05) is 19.4 Å². The summed E-state index contributed by atoms with van der Waals surface area (Å²) in [5, 5.41) is 0. The summed E-state index contributed by atoms with van der Waals surface area (Å²) in [6.07, 6.45) is -1.60. The van der Waals surface area contributed by atoms with E-state index in [9.17, 15) is 27.6 Å². The van der Waals surface area contributed by atoms with Crippen LogP contribution in [0.25, 0.3) is 0 Å². The highest BCUT2D eigenvalue weighted by molar-refractivity contribution is 5.91. The maximum atomic E-state index is 13.4. The molecule has 7 nitrogen and oxygen atoms in total. The van der Waals surface area contributed by atoms with Gasteiger partial charge in [-0.2, -0.15) is 13.2 Å². The molecular formula is C26H35F3O7. The normalized spacial score (nSPS) is 40.0. The highest BCUT2D eigenvalue weighted by atomic mass is 19.4. The number of halogens is 3. The van der Waals surface area contributed by atoms with Gasteiger partial charge in [0.2, 0.25) is 0 Å². The molecule has 0 saturated heterocycles. The second kappa shape index (κ2) is 9.42. The van der Waals surface area contributed by atoms with E-state index in [1.165, 1.54) is 7.11 Å². The third-order valence-corrected chi connectivity index (χ3v) is 9.59. The molecule has 0 aromatic carbocycles. The number of ketones is 1. The Labute approximate surface area is 209 Å². The molecule has 0 aromatic rings. The van der Waals surface area contributed by atoms with E-state index < -0.39 is 46.6 Å². The zero-order chi connectivity index (χ0) is 26.5. The van der Waals surface area contributed by atoms with Gasteiger partial charge < -0.3 is 18.9 Å². The number of methoxy groups -OCH3 is 1. The fourth-order valence-corrected chi connectivity index (χ4v) is 7.98. The van der Waals surface area contributed by atoms with Crippen LogP contribution in [-0.2, 0) is 33.3 Å². The third kappa shape index (κ3) is 4.08. The Balaban J connectivity index is 1.79. The molecule has 4 aliphatic carbocycles. The van der Waals surface area contributed by atoms with Gasteiger partial charge in [-0.05, 0) is 68.8 Å². The van der Waals surface area contributed by atoms with Gasteiger partial charge >= 0.3 is 18.1 Å². The van der Waals surface area contributed by atoms with E-state index >= 15 is 0 Å². The zero-order valence-corrected chi connectivity index (χ0v) is 21.2. The molecule has 0 radical (unpaired) electrons. The van der Waals surface area contributed by atoms with Crippen molar-refractivity contribution in [1.82, 2.24) is 0 Å². The molecule has 0 bridgehead atoms. The minimum Gasteiger partial charge on any atom is -0.467 e. The summed E-state index contributed by atoms with van der Waals surface area (Å²) in [4.78, 5) is 37.5. The van der Waals surface area contributed by atoms with E-state index in [1.807, 2.05) is 13.8 Å². The predicted octanol–water partition coefficient (Wildman–Crippen LogP) is 4.52. The monoisotopic (exact) mass is 516 g/mol. The molecule has 0 spiro atoms. The quantitative estimate of drug-likeness (QED) is 0.291. The van der Waals surface area contributed by atoms with Crippen molar-refractivity contribution < 1.29 is 46.5 Å². The van der Waals surface area contributed by atoms with E-state index in [1.54, 1.807) is 13.0 Å². The molecule has 36 heavy (non-hydrogen) atoms. The van der Waals surface area contributed by atoms with Crippen LogP contribution in [0.4, 0.5) is 13.2 Å². The second-order valence-electron chi connectivity index (χ2n) is 11.1. The summed E-state index contributed by atoms with van der Waals surface area (Å²) in [7, 11) is 1.26. The SMILES string of the molecule is CCOCO[C@]1(C(=O)OC)CC[C@H]2[C@@H]3CCC4=CC(=O)CC[C@]4(C)[C@H]3[C@@H](OC(=O)C(F)(F)F)C[C@@]21C. The van der Waals surface area contributed by atoms with Crippen LogP contribution in [0.3, 0.4) is 0 Å². The van der Waals surface area contributed by atoms with Gasteiger partial charge in [0.1, 0.15) is 12.9 Å². The van der Waals surface area contributed by atoms with Crippen LogP contribution in [0, 0.1) is 28.6 Å². The molecule has 0 amide bonds. The van der Waals surface area contributed by atoms with Crippen LogP contribution in [0.15, 0.2) is 11.6 Å². The summed E-state index contributed by atoms with van der Waals surface area (Å²) >= 11 is 0. The van der Waals surface area contributed by atoms with E-state index in [-0.39, 0.29) is 30.8 Å². The van der Waals surface area contributed by atoms with Crippen molar-refractivity contribution in [2.45, 2.75) is 83.6 Å². The molecule has 7 atom stereocenters. The van der Waals surface area contributed by atoms with Gasteiger partial charge in [-0.3, -0.25) is 4.79 Å². The first-order valence-electron chi connectivity index (χ1n) is 12.7. The Morgan fingerprint density at radius 2 is 1.86 bits per heavy atom. The smallest absolute Gasteiger partial charge is 0.467 e. The Kier molecular flexibility index (Phi) is 7.09. The summed E-state index contributed by atoms with van der Waals surface area (Å²) in [6, 6.07) is 0. The molecule has 10 heteroatoms. The number of ether oxygens (including phenoxy) is 4. The number of carbonyl (C=O) groups is 3. The fourth-order valence-electron chi connectivity index (χ4n) is 7.98. The van der Waals surface area contributed by atoms with Crippen molar-refractivity contribution in [1.29, 1.82) is 0 Å². The van der Waals surface area contributed by atoms with Crippen molar-refractivity contribution in [2.24, 2.45) is 28.6 Å². The molecular weight excluding hydrogens is 481 g/mol. The molecule has 0 heterocycles. The Morgan fingerprint density at radius 3 is 2.50 bits per heavy atom. The highest BCUT2D eigenvalue weighted by Gasteiger charge is 2.71. The molecule has 202 valence electrons. The largest absolute Gasteiger partial charge is 0.490 e.